The summed E-state index contributed by atoms with van der Waals surface area (Å²) in [6.07, 6.45) is 3.69. The minimum Gasteiger partial charge on any atom is -0.507 e. The van der Waals surface area contributed by atoms with Gasteiger partial charge in [0.15, 0.2) is 0 Å². The van der Waals surface area contributed by atoms with Crippen molar-refractivity contribution in [3.63, 3.8) is 0 Å². The largest absolute Gasteiger partial charge is 0.507 e. The van der Waals surface area contributed by atoms with Crippen LogP contribution in [0.5, 0.6) is 5.75 Å². The normalized spacial score (nSPS) is 12.0. The smallest absolute Gasteiger partial charge is 0.124 e. The standard InChI is InChI=1S/C42H31N2OP/c45-41-17-8-7-15-36(41)40-25-21-30-20-24-35-37(27-31(28-38(35)42(30)44-40)39-16-9-10-26-43-39)29-18-22-34(23-19-29)46(32-11-3-1-4-12-32)33-13-5-2-6-14-33/h1-19,21-23,25-28,45H,20,24H2. The molecule has 0 saturated heterocycles. The maximum Gasteiger partial charge on any atom is 0.124 e. The molecule has 0 unspecified atom stereocenters. The highest BCUT2D eigenvalue weighted by atomic mass is 31.1. The van der Waals surface area contributed by atoms with E-state index >= 15 is 0 Å². The minimum atomic E-state index is -0.683. The van der Waals surface area contributed by atoms with Crippen molar-refractivity contribution in [2.24, 2.45) is 0 Å². The van der Waals surface area contributed by atoms with Crippen molar-refractivity contribution in [2.75, 3.05) is 0 Å². The molecule has 3 nitrogen and oxygen atoms in total. The van der Waals surface area contributed by atoms with E-state index in [4.69, 9.17) is 9.97 Å². The maximum atomic E-state index is 10.6. The number of para-hydroxylation sites is 1. The second kappa shape index (κ2) is 12.2. The molecule has 2 heterocycles. The first-order valence-corrected chi connectivity index (χ1v) is 16.9. The van der Waals surface area contributed by atoms with Crippen molar-refractivity contribution in [2.45, 2.75) is 12.8 Å². The number of aryl methyl sites for hydroxylation is 1. The highest BCUT2D eigenvalue weighted by Gasteiger charge is 2.24. The van der Waals surface area contributed by atoms with Gasteiger partial charge in [0.2, 0.25) is 0 Å². The van der Waals surface area contributed by atoms with Crippen LogP contribution in [0.1, 0.15) is 11.1 Å². The lowest BCUT2D eigenvalue weighted by atomic mass is 9.82. The fraction of sp³-hybridized carbons (Fsp3) is 0.0476. The van der Waals surface area contributed by atoms with E-state index in [1.54, 1.807) is 6.07 Å². The van der Waals surface area contributed by atoms with Crippen molar-refractivity contribution in [3.8, 4) is 50.6 Å². The lowest BCUT2D eigenvalue weighted by Crippen LogP contribution is -2.20. The second-order valence-electron chi connectivity index (χ2n) is 11.5. The molecule has 0 atom stereocenters. The molecule has 220 valence electrons. The Morgan fingerprint density at radius 2 is 1.15 bits per heavy atom. The summed E-state index contributed by atoms with van der Waals surface area (Å²) < 4.78 is 0. The Labute approximate surface area is 270 Å². The maximum absolute atomic E-state index is 10.6. The van der Waals surface area contributed by atoms with E-state index < -0.39 is 7.92 Å². The van der Waals surface area contributed by atoms with Gasteiger partial charge in [-0.15, -0.1) is 0 Å². The number of fused-ring (bicyclic) bond motifs is 3. The van der Waals surface area contributed by atoms with E-state index in [1.807, 2.05) is 42.6 Å². The summed E-state index contributed by atoms with van der Waals surface area (Å²) in [5.74, 6) is 0.236. The zero-order valence-electron chi connectivity index (χ0n) is 25.2. The van der Waals surface area contributed by atoms with Crippen LogP contribution < -0.4 is 15.9 Å². The zero-order chi connectivity index (χ0) is 30.9. The molecule has 5 aromatic carbocycles. The van der Waals surface area contributed by atoms with Gasteiger partial charge in [-0.1, -0.05) is 109 Å². The van der Waals surface area contributed by atoms with Crippen molar-refractivity contribution in [1.29, 1.82) is 0 Å². The van der Waals surface area contributed by atoms with E-state index in [1.165, 1.54) is 38.2 Å². The average Bonchev–Trinajstić information content (AvgIpc) is 3.13. The van der Waals surface area contributed by atoms with Crippen LogP contribution in [0, 0.1) is 0 Å². The number of phenolic OH excluding ortho intramolecular Hbond substituents is 1. The molecule has 1 aliphatic carbocycles. The SMILES string of the molecule is Oc1ccccc1-c1ccc2c(n1)-c1cc(-c3ccccn3)cc(-c3ccc(P(c4ccccc4)c4ccccc4)cc3)c1CC2. The van der Waals surface area contributed by atoms with Gasteiger partial charge in [0.25, 0.3) is 0 Å². The Kier molecular flexibility index (Phi) is 7.46. The molecule has 0 aliphatic heterocycles. The van der Waals surface area contributed by atoms with Gasteiger partial charge in [0.05, 0.1) is 17.1 Å². The van der Waals surface area contributed by atoms with E-state index in [9.17, 15) is 5.11 Å². The fourth-order valence-electron chi connectivity index (χ4n) is 6.51. The lowest BCUT2D eigenvalue weighted by Gasteiger charge is -2.24. The molecule has 0 saturated carbocycles. The molecule has 0 spiro atoms. The lowest BCUT2D eigenvalue weighted by molar-refractivity contribution is 0.477. The topological polar surface area (TPSA) is 46.0 Å². The molecule has 2 aromatic heterocycles. The summed E-state index contributed by atoms with van der Waals surface area (Å²) in [7, 11) is -0.683. The van der Waals surface area contributed by atoms with E-state index in [2.05, 4.69) is 109 Å². The first-order valence-electron chi connectivity index (χ1n) is 15.6. The summed E-state index contributed by atoms with van der Waals surface area (Å²) in [6.45, 7) is 0. The van der Waals surface area contributed by atoms with Gasteiger partial charge in [-0.05, 0) is 101 Å². The van der Waals surface area contributed by atoms with Crippen LogP contribution in [-0.4, -0.2) is 15.1 Å². The molecule has 46 heavy (non-hydrogen) atoms. The number of nitrogens with zero attached hydrogens (tertiary/aromatic N) is 2. The Bertz CT molecular complexity index is 2110. The van der Waals surface area contributed by atoms with Crippen molar-refractivity contribution >= 4 is 23.8 Å². The predicted octanol–water partition coefficient (Wildman–Crippen LogP) is 8.71. The third kappa shape index (κ3) is 5.30. The van der Waals surface area contributed by atoms with Crippen LogP contribution in [-0.2, 0) is 12.8 Å². The van der Waals surface area contributed by atoms with Crippen molar-refractivity contribution < 1.29 is 5.11 Å². The van der Waals surface area contributed by atoms with Crippen LogP contribution in [0.25, 0.3) is 44.9 Å². The molecule has 0 radical (unpaired) electrons. The molecule has 0 bridgehead atoms. The van der Waals surface area contributed by atoms with Crippen LogP contribution >= 0.6 is 7.92 Å². The molecule has 0 fully saturated rings. The highest BCUT2D eigenvalue weighted by Crippen LogP contribution is 2.43. The molecule has 0 amide bonds. The number of hydrogen-bond donors (Lipinski definition) is 1. The number of phenols is 1. The predicted molar refractivity (Wildman–Crippen MR) is 192 cm³/mol. The molecular weight excluding hydrogens is 579 g/mol. The molecule has 7 aromatic rings. The number of benzene rings is 5. The molecule has 1 aliphatic rings. The summed E-state index contributed by atoms with van der Waals surface area (Å²) in [5.41, 5.74) is 10.6. The molecule has 1 N–H and O–H groups in total. The van der Waals surface area contributed by atoms with E-state index in [0.29, 0.717) is 0 Å². The van der Waals surface area contributed by atoms with Crippen LogP contribution in [0.4, 0.5) is 0 Å². The Hall–Kier alpha value is -5.37. The summed E-state index contributed by atoms with van der Waals surface area (Å²) in [6, 6.07) is 53.1. The van der Waals surface area contributed by atoms with Gasteiger partial charge in [0.1, 0.15) is 5.75 Å². The molecule has 8 rings (SSSR count). The van der Waals surface area contributed by atoms with Gasteiger partial charge in [-0.2, -0.15) is 0 Å². The second-order valence-corrected chi connectivity index (χ2v) is 13.8. The van der Waals surface area contributed by atoms with Gasteiger partial charge in [-0.3, -0.25) is 4.98 Å². The van der Waals surface area contributed by atoms with Crippen molar-refractivity contribution in [3.05, 3.63) is 169 Å². The molecule has 4 heteroatoms. The third-order valence-electron chi connectivity index (χ3n) is 8.73. The average molecular weight is 611 g/mol. The van der Waals surface area contributed by atoms with E-state index in [0.717, 1.165) is 46.6 Å². The number of aromatic hydroxyl groups is 1. The Morgan fingerprint density at radius 3 is 1.85 bits per heavy atom. The van der Waals surface area contributed by atoms with E-state index in [-0.39, 0.29) is 5.75 Å². The zero-order valence-corrected chi connectivity index (χ0v) is 26.1. The van der Waals surface area contributed by atoms with Gasteiger partial charge in [0, 0.05) is 22.9 Å². The van der Waals surface area contributed by atoms with Gasteiger partial charge < -0.3 is 5.11 Å². The monoisotopic (exact) mass is 610 g/mol. The quantitative estimate of drug-likeness (QED) is 0.192. The Balaban J connectivity index is 1.27. The Morgan fingerprint density at radius 1 is 0.500 bits per heavy atom. The van der Waals surface area contributed by atoms with Crippen molar-refractivity contribution in [1.82, 2.24) is 9.97 Å². The highest BCUT2D eigenvalue weighted by molar-refractivity contribution is 7.79. The van der Waals surface area contributed by atoms with Crippen LogP contribution in [0.3, 0.4) is 0 Å². The number of rotatable bonds is 6. The van der Waals surface area contributed by atoms with Gasteiger partial charge >= 0.3 is 0 Å². The fourth-order valence-corrected chi connectivity index (χ4v) is 8.79. The first kappa shape index (κ1) is 28.1. The third-order valence-corrected chi connectivity index (χ3v) is 11.2. The summed E-state index contributed by atoms with van der Waals surface area (Å²) in [5, 5.41) is 14.6. The molecular formula is C42H31N2OP. The van der Waals surface area contributed by atoms with Gasteiger partial charge in [-0.25, -0.2) is 4.98 Å². The number of pyridine rings is 2. The minimum absolute atomic E-state index is 0.236. The van der Waals surface area contributed by atoms with Crippen LogP contribution in [0.15, 0.2) is 158 Å². The first-order chi connectivity index (χ1) is 22.7. The summed E-state index contributed by atoms with van der Waals surface area (Å²) in [4.78, 5) is 9.90. The van der Waals surface area contributed by atoms with Crippen LogP contribution in [0.2, 0.25) is 0 Å². The number of hydrogen-bond acceptors (Lipinski definition) is 3. The number of aromatic nitrogens is 2. The summed E-state index contributed by atoms with van der Waals surface area (Å²) >= 11 is 0.